The van der Waals surface area contributed by atoms with Crippen LogP contribution in [0.1, 0.15) is 5.82 Å². The number of imidazole rings is 1. The Morgan fingerprint density at radius 3 is 2.58 bits per heavy atom. The van der Waals surface area contributed by atoms with Crippen LogP contribution in [-0.4, -0.2) is 9.38 Å². The molecule has 0 saturated heterocycles. The maximum atomic E-state index is 13.2. The highest BCUT2D eigenvalue weighted by Gasteiger charge is 2.07. The van der Waals surface area contributed by atoms with Crippen LogP contribution in [0.3, 0.4) is 0 Å². The minimum Gasteiger partial charge on any atom is -0.324 e. The van der Waals surface area contributed by atoms with Gasteiger partial charge >= 0.3 is 0 Å². The molecule has 2 N–H and O–H groups in total. The molecule has 5 heteroatoms. The lowest BCUT2D eigenvalue weighted by Crippen LogP contribution is -2.02. The van der Waals surface area contributed by atoms with E-state index in [1.54, 1.807) is 12.3 Å². The van der Waals surface area contributed by atoms with Gasteiger partial charge < -0.3 is 10.1 Å². The first-order valence-corrected chi connectivity index (χ1v) is 5.80. The van der Waals surface area contributed by atoms with Crippen molar-refractivity contribution >= 4 is 5.52 Å². The SMILES string of the molecule is NCc1ncc2cc(-c3ccc(F)c(F)c3)ccn12. The molecule has 0 saturated carbocycles. The molecule has 3 aromatic rings. The predicted octanol–water partition coefficient (Wildman–Crippen LogP) is 2.74. The summed E-state index contributed by atoms with van der Waals surface area (Å²) in [6.45, 7) is 0.346. The molecule has 0 bridgehead atoms. The Balaban J connectivity index is 2.12. The minimum atomic E-state index is -0.853. The van der Waals surface area contributed by atoms with E-state index in [1.807, 2.05) is 22.7 Å². The zero-order chi connectivity index (χ0) is 13.4. The van der Waals surface area contributed by atoms with Crippen LogP contribution in [0.2, 0.25) is 0 Å². The second kappa shape index (κ2) is 4.44. The summed E-state index contributed by atoms with van der Waals surface area (Å²) in [4.78, 5) is 4.18. The second-order valence-electron chi connectivity index (χ2n) is 4.22. The zero-order valence-corrected chi connectivity index (χ0v) is 9.98. The number of nitrogens with zero attached hydrogens (tertiary/aromatic N) is 2. The van der Waals surface area contributed by atoms with Gasteiger partial charge in [-0.1, -0.05) is 6.07 Å². The van der Waals surface area contributed by atoms with Crippen molar-refractivity contribution in [2.24, 2.45) is 5.73 Å². The van der Waals surface area contributed by atoms with Crippen LogP contribution < -0.4 is 5.73 Å². The van der Waals surface area contributed by atoms with Gasteiger partial charge in [-0.05, 0) is 35.4 Å². The molecule has 0 aliphatic rings. The molecular formula is C14H11F2N3. The molecule has 0 aliphatic heterocycles. The summed E-state index contributed by atoms with van der Waals surface area (Å²) < 4.78 is 28.0. The number of aromatic nitrogens is 2. The number of fused-ring (bicyclic) bond motifs is 1. The highest BCUT2D eigenvalue weighted by Crippen LogP contribution is 2.23. The van der Waals surface area contributed by atoms with Crippen LogP contribution in [0.5, 0.6) is 0 Å². The van der Waals surface area contributed by atoms with Crippen molar-refractivity contribution in [2.45, 2.75) is 6.54 Å². The molecule has 0 aliphatic carbocycles. The first-order valence-electron chi connectivity index (χ1n) is 5.80. The third-order valence-electron chi connectivity index (χ3n) is 3.04. The lowest BCUT2D eigenvalue weighted by Gasteiger charge is -2.04. The lowest BCUT2D eigenvalue weighted by molar-refractivity contribution is 0.509. The van der Waals surface area contributed by atoms with Gasteiger partial charge in [-0.15, -0.1) is 0 Å². The van der Waals surface area contributed by atoms with Gasteiger partial charge in [-0.2, -0.15) is 0 Å². The number of hydrogen-bond donors (Lipinski definition) is 1. The van der Waals surface area contributed by atoms with Crippen LogP contribution in [0, 0.1) is 11.6 Å². The lowest BCUT2D eigenvalue weighted by atomic mass is 10.1. The van der Waals surface area contributed by atoms with Crippen LogP contribution in [0.4, 0.5) is 8.78 Å². The van der Waals surface area contributed by atoms with E-state index in [4.69, 9.17) is 5.73 Å². The zero-order valence-electron chi connectivity index (χ0n) is 9.98. The summed E-state index contributed by atoms with van der Waals surface area (Å²) in [6, 6.07) is 7.53. The monoisotopic (exact) mass is 259 g/mol. The molecule has 0 fully saturated rings. The Kier molecular flexibility index (Phi) is 2.76. The molecule has 0 unspecified atom stereocenters. The van der Waals surface area contributed by atoms with Crippen molar-refractivity contribution in [2.75, 3.05) is 0 Å². The highest BCUT2D eigenvalue weighted by molar-refractivity contribution is 5.68. The summed E-state index contributed by atoms with van der Waals surface area (Å²) in [5.74, 6) is -0.944. The Labute approximate surface area is 108 Å². The first kappa shape index (κ1) is 11.8. The molecule has 3 rings (SSSR count). The van der Waals surface area contributed by atoms with Crippen LogP contribution in [-0.2, 0) is 6.54 Å². The van der Waals surface area contributed by atoms with Gasteiger partial charge in [-0.3, -0.25) is 0 Å². The van der Waals surface area contributed by atoms with E-state index in [2.05, 4.69) is 4.98 Å². The summed E-state index contributed by atoms with van der Waals surface area (Å²) in [7, 11) is 0. The van der Waals surface area contributed by atoms with E-state index >= 15 is 0 Å². The predicted molar refractivity (Wildman–Crippen MR) is 68.4 cm³/mol. The maximum Gasteiger partial charge on any atom is 0.159 e. The molecule has 1 aromatic carbocycles. The fourth-order valence-electron chi connectivity index (χ4n) is 2.06. The van der Waals surface area contributed by atoms with E-state index in [0.29, 0.717) is 12.1 Å². The molecule has 0 atom stereocenters. The van der Waals surface area contributed by atoms with Gasteiger partial charge in [0.1, 0.15) is 5.82 Å². The fraction of sp³-hybridized carbons (Fsp3) is 0.0714. The summed E-state index contributed by atoms with van der Waals surface area (Å²) in [5.41, 5.74) is 7.86. The van der Waals surface area contributed by atoms with Gasteiger partial charge in [0, 0.05) is 6.20 Å². The van der Waals surface area contributed by atoms with Gasteiger partial charge in [0.25, 0.3) is 0 Å². The molecule has 0 radical (unpaired) electrons. The normalized spacial score (nSPS) is 11.1. The second-order valence-corrected chi connectivity index (χ2v) is 4.22. The molecule has 2 aromatic heterocycles. The molecule has 2 heterocycles. The Morgan fingerprint density at radius 1 is 1.05 bits per heavy atom. The summed E-state index contributed by atoms with van der Waals surface area (Å²) in [6.07, 6.45) is 3.52. The number of pyridine rings is 1. The number of halogens is 2. The topological polar surface area (TPSA) is 43.3 Å². The molecule has 19 heavy (non-hydrogen) atoms. The molecule has 3 nitrogen and oxygen atoms in total. The molecule has 96 valence electrons. The fourth-order valence-corrected chi connectivity index (χ4v) is 2.06. The largest absolute Gasteiger partial charge is 0.324 e. The van der Waals surface area contributed by atoms with Gasteiger partial charge in [0.15, 0.2) is 11.6 Å². The van der Waals surface area contributed by atoms with Crippen LogP contribution in [0.25, 0.3) is 16.6 Å². The van der Waals surface area contributed by atoms with Crippen molar-refractivity contribution in [3.05, 3.63) is 60.2 Å². The van der Waals surface area contributed by atoms with Gasteiger partial charge in [0.05, 0.1) is 18.3 Å². The van der Waals surface area contributed by atoms with Crippen molar-refractivity contribution in [1.82, 2.24) is 9.38 Å². The summed E-state index contributed by atoms with van der Waals surface area (Å²) in [5, 5.41) is 0. The summed E-state index contributed by atoms with van der Waals surface area (Å²) >= 11 is 0. The number of nitrogens with two attached hydrogens (primary N) is 1. The van der Waals surface area contributed by atoms with Gasteiger partial charge in [-0.25, -0.2) is 13.8 Å². The third-order valence-corrected chi connectivity index (χ3v) is 3.04. The third kappa shape index (κ3) is 1.98. The van der Waals surface area contributed by atoms with E-state index < -0.39 is 11.6 Å². The quantitative estimate of drug-likeness (QED) is 0.769. The van der Waals surface area contributed by atoms with Crippen molar-refractivity contribution in [3.63, 3.8) is 0 Å². The highest BCUT2D eigenvalue weighted by atomic mass is 19.2. The van der Waals surface area contributed by atoms with Gasteiger partial charge in [0.2, 0.25) is 0 Å². The van der Waals surface area contributed by atoms with E-state index in [9.17, 15) is 8.78 Å². The van der Waals surface area contributed by atoms with Crippen molar-refractivity contribution in [1.29, 1.82) is 0 Å². The Hall–Kier alpha value is -2.27. The van der Waals surface area contributed by atoms with Crippen molar-refractivity contribution < 1.29 is 8.78 Å². The van der Waals surface area contributed by atoms with E-state index in [1.165, 1.54) is 6.07 Å². The molecule has 0 amide bonds. The maximum absolute atomic E-state index is 13.2. The standard InChI is InChI=1S/C14H11F2N3/c15-12-2-1-9(6-13(12)16)10-3-4-19-11(5-10)8-18-14(19)7-17/h1-6,8H,7,17H2. The average molecular weight is 259 g/mol. The van der Waals surface area contributed by atoms with Crippen LogP contribution >= 0.6 is 0 Å². The molecule has 0 spiro atoms. The Bertz CT molecular complexity index is 750. The minimum absolute atomic E-state index is 0.346. The number of benzene rings is 1. The van der Waals surface area contributed by atoms with Crippen molar-refractivity contribution in [3.8, 4) is 11.1 Å². The van der Waals surface area contributed by atoms with Crippen LogP contribution in [0.15, 0.2) is 42.7 Å². The first-order chi connectivity index (χ1) is 9.19. The number of rotatable bonds is 2. The number of hydrogen-bond acceptors (Lipinski definition) is 2. The van der Waals surface area contributed by atoms with E-state index in [0.717, 1.165) is 23.0 Å². The Morgan fingerprint density at radius 2 is 1.84 bits per heavy atom. The van der Waals surface area contributed by atoms with E-state index in [-0.39, 0.29) is 0 Å². The smallest absolute Gasteiger partial charge is 0.159 e. The average Bonchev–Trinajstić information content (AvgIpc) is 2.84. The molecular weight excluding hydrogens is 248 g/mol.